The first-order valence-electron chi connectivity index (χ1n) is 10.0. The van der Waals surface area contributed by atoms with Gasteiger partial charge in [-0.1, -0.05) is 54.6 Å². The molecule has 1 heterocycles. The summed E-state index contributed by atoms with van der Waals surface area (Å²) in [7, 11) is 2.49. The van der Waals surface area contributed by atoms with Crippen LogP contribution in [0.1, 0.15) is 26.4 Å². The van der Waals surface area contributed by atoms with E-state index in [-0.39, 0.29) is 11.3 Å². The van der Waals surface area contributed by atoms with Crippen LogP contribution in [0.15, 0.2) is 78.9 Å². The van der Waals surface area contributed by atoms with Crippen molar-refractivity contribution in [2.75, 3.05) is 14.2 Å². The molecule has 0 radical (unpaired) electrons. The second-order valence-corrected chi connectivity index (χ2v) is 7.07. The molecule has 0 aliphatic heterocycles. The summed E-state index contributed by atoms with van der Waals surface area (Å²) >= 11 is 0. The van der Waals surface area contributed by atoms with Gasteiger partial charge in [0, 0.05) is 5.56 Å². The molecule has 0 atom stereocenters. The van der Waals surface area contributed by atoms with E-state index in [0.29, 0.717) is 22.5 Å². The van der Waals surface area contributed by atoms with Gasteiger partial charge in [-0.05, 0) is 35.4 Å². The molecule has 0 bridgehead atoms. The van der Waals surface area contributed by atoms with E-state index >= 15 is 0 Å². The van der Waals surface area contributed by atoms with Crippen LogP contribution in [0.3, 0.4) is 0 Å². The molecule has 3 aromatic carbocycles. The number of ether oxygens (including phenoxy) is 2. The number of hydrogen-bond donors (Lipinski definition) is 0. The number of esters is 2. The van der Waals surface area contributed by atoms with E-state index in [1.807, 2.05) is 30.3 Å². The van der Waals surface area contributed by atoms with E-state index < -0.39 is 11.9 Å². The first-order chi connectivity index (χ1) is 16.1. The highest BCUT2D eigenvalue weighted by Crippen LogP contribution is 2.31. The van der Waals surface area contributed by atoms with Crippen LogP contribution in [0.2, 0.25) is 0 Å². The standard InChI is InChI=1S/C26H19N3O4/c1-32-25(30)22-23(28-29(24(22)26(31)33-2)21-9-4-3-5-10-21)19-13-11-18(12-14-19)20-8-6-7-17(15-20)16-27/h3-15H,1-2H3. The molecule has 0 aliphatic carbocycles. The zero-order valence-corrected chi connectivity index (χ0v) is 18.0. The topological polar surface area (TPSA) is 94.2 Å². The minimum atomic E-state index is -0.706. The van der Waals surface area contributed by atoms with Gasteiger partial charge in [0.2, 0.25) is 0 Å². The van der Waals surface area contributed by atoms with Crippen LogP contribution in [0.5, 0.6) is 0 Å². The summed E-state index contributed by atoms with van der Waals surface area (Å²) in [6.07, 6.45) is 0. The number of aromatic nitrogens is 2. The fourth-order valence-corrected chi connectivity index (χ4v) is 3.55. The Morgan fingerprint density at radius 2 is 1.48 bits per heavy atom. The van der Waals surface area contributed by atoms with E-state index in [1.165, 1.54) is 18.9 Å². The highest BCUT2D eigenvalue weighted by molar-refractivity contribution is 6.06. The van der Waals surface area contributed by atoms with Crippen LogP contribution in [0.25, 0.3) is 28.1 Å². The maximum atomic E-state index is 12.7. The fraction of sp³-hybridized carbons (Fsp3) is 0.0769. The van der Waals surface area contributed by atoms with Crippen molar-refractivity contribution in [3.63, 3.8) is 0 Å². The van der Waals surface area contributed by atoms with E-state index in [1.54, 1.807) is 48.5 Å². The Morgan fingerprint density at radius 3 is 2.12 bits per heavy atom. The second-order valence-electron chi connectivity index (χ2n) is 7.07. The maximum Gasteiger partial charge on any atom is 0.357 e. The Balaban J connectivity index is 1.88. The van der Waals surface area contributed by atoms with Gasteiger partial charge in [-0.25, -0.2) is 14.3 Å². The molecule has 162 valence electrons. The van der Waals surface area contributed by atoms with Crippen LogP contribution < -0.4 is 0 Å². The Labute approximate surface area is 190 Å². The van der Waals surface area contributed by atoms with Gasteiger partial charge < -0.3 is 9.47 Å². The molecular weight excluding hydrogens is 418 g/mol. The van der Waals surface area contributed by atoms with Crippen LogP contribution >= 0.6 is 0 Å². The van der Waals surface area contributed by atoms with Gasteiger partial charge in [-0.2, -0.15) is 10.4 Å². The Kier molecular flexibility index (Phi) is 6.00. The summed E-state index contributed by atoms with van der Waals surface area (Å²) in [5.74, 6) is -1.40. The lowest BCUT2D eigenvalue weighted by Gasteiger charge is -2.07. The van der Waals surface area contributed by atoms with Crippen LogP contribution in [0.4, 0.5) is 0 Å². The third-order valence-electron chi connectivity index (χ3n) is 5.14. The van der Waals surface area contributed by atoms with Crippen LogP contribution in [-0.2, 0) is 9.47 Å². The average molecular weight is 437 g/mol. The molecule has 0 fully saturated rings. The quantitative estimate of drug-likeness (QED) is 0.422. The summed E-state index contributed by atoms with van der Waals surface area (Å²) in [4.78, 5) is 25.4. The lowest BCUT2D eigenvalue weighted by molar-refractivity contribution is 0.0549. The third kappa shape index (κ3) is 4.10. The third-order valence-corrected chi connectivity index (χ3v) is 5.14. The Bertz CT molecular complexity index is 1370. The van der Waals surface area contributed by atoms with Crippen molar-refractivity contribution in [3.8, 4) is 34.1 Å². The lowest BCUT2D eigenvalue weighted by Crippen LogP contribution is -2.15. The molecule has 4 rings (SSSR count). The number of carbonyl (C=O) groups is 2. The molecule has 0 unspecified atom stereocenters. The van der Waals surface area contributed by atoms with Crippen molar-refractivity contribution >= 4 is 11.9 Å². The van der Waals surface area contributed by atoms with Crippen molar-refractivity contribution in [2.45, 2.75) is 0 Å². The highest BCUT2D eigenvalue weighted by Gasteiger charge is 2.31. The number of benzene rings is 3. The van der Waals surface area contributed by atoms with Gasteiger partial charge in [-0.3, -0.25) is 0 Å². The molecule has 0 saturated carbocycles. The molecule has 0 saturated heterocycles. The minimum absolute atomic E-state index is 0.0173. The molecule has 1 aromatic heterocycles. The monoisotopic (exact) mass is 437 g/mol. The van der Waals surface area contributed by atoms with E-state index in [2.05, 4.69) is 11.2 Å². The largest absolute Gasteiger partial charge is 0.465 e. The van der Waals surface area contributed by atoms with Gasteiger partial charge in [0.05, 0.1) is 31.5 Å². The molecular formula is C26H19N3O4. The number of carbonyl (C=O) groups excluding carboxylic acids is 2. The number of rotatable bonds is 5. The lowest BCUT2D eigenvalue weighted by atomic mass is 9.99. The Hall–Kier alpha value is -4.70. The summed E-state index contributed by atoms with van der Waals surface area (Å²) < 4.78 is 11.3. The van der Waals surface area contributed by atoms with Gasteiger partial charge in [-0.15, -0.1) is 0 Å². The summed E-state index contributed by atoms with van der Waals surface area (Å²) in [5.41, 5.74) is 3.86. The van der Waals surface area contributed by atoms with Crippen molar-refractivity contribution < 1.29 is 19.1 Å². The second kappa shape index (κ2) is 9.20. The maximum absolute atomic E-state index is 12.7. The van der Waals surface area contributed by atoms with Crippen molar-refractivity contribution in [2.24, 2.45) is 0 Å². The summed E-state index contributed by atoms with van der Waals surface area (Å²) in [6, 6.07) is 25.7. The minimum Gasteiger partial charge on any atom is -0.465 e. The van der Waals surface area contributed by atoms with Crippen molar-refractivity contribution in [1.82, 2.24) is 9.78 Å². The van der Waals surface area contributed by atoms with Crippen LogP contribution in [0, 0.1) is 11.3 Å². The van der Waals surface area contributed by atoms with Crippen molar-refractivity contribution in [3.05, 3.63) is 95.7 Å². The number of para-hydroxylation sites is 1. The number of hydrogen-bond acceptors (Lipinski definition) is 6. The molecule has 0 amide bonds. The molecule has 33 heavy (non-hydrogen) atoms. The van der Waals surface area contributed by atoms with E-state index in [0.717, 1.165) is 11.1 Å². The number of methoxy groups -OCH3 is 2. The highest BCUT2D eigenvalue weighted by atomic mass is 16.5. The zero-order valence-electron chi connectivity index (χ0n) is 18.0. The SMILES string of the molecule is COC(=O)c1c(-c2ccc(-c3cccc(C#N)c3)cc2)nn(-c2ccccc2)c1C(=O)OC. The van der Waals surface area contributed by atoms with Crippen LogP contribution in [-0.4, -0.2) is 35.9 Å². The molecule has 0 spiro atoms. The summed E-state index contributed by atoms with van der Waals surface area (Å²) in [6.45, 7) is 0. The number of nitrogens with zero attached hydrogens (tertiary/aromatic N) is 3. The molecule has 4 aromatic rings. The predicted molar refractivity (Wildman–Crippen MR) is 122 cm³/mol. The molecule has 0 aliphatic rings. The molecule has 0 N–H and O–H groups in total. The van der Waals surface area contributed by atoms with Crippen molar-refractivity contribution in [1.29, 1.82) is 5.26 Å². The van der Waals surface area contributed by atoms with Gasteiger partial charge in [0.15, 0.2) is 5.69 Å². The van der Waals surface area contributed by atoms with Gasteiger partial charge >= 0.3 is 11.9 Å². The first-order valence-corrected chi connectivity index (χ1v) is 10.0. The first kappa shape index (κ1) is 21.5. The normalized spacial score (nSPS) is 10.3. The Morgan fingerprint density at radius 1 is 0.818 bits per heavy atom. The smallest absolute Gasteiger partial charge is 0.357 e. The summed E-state index contributed by atoms with van der Waals surface area (Å²) in [5, 5.41) is 13.7. The van der Waals surface area contributed by atoms with Gasteiger partial charge in [0.25, 0.3) is 0 Å². The molecule has 7 heteroatoms. The number of nitriles is 1. The zero-order chi connectivity index (χ0) is 23.4. The predicted octanol–water partition coefficient (Wildman–Crippen LogP) is 4.65. The molecule has 7 nitrogen and oxygen atoms in total. The average Bonchev–Trinajstić information content (AvgIpc) is 3.29. The van der Waals surface area contributed by atoms with E-state index in [4.69, 9.17) is 14.7 Å². The van der Waals surface area contributed by atoms with Gasteiger partial charge in [0.1, 0.15) is 11.3 Å². The van der Waals surface area contributed by atoms with E-state index in [9.17, 15) is 9.59 Å². The fourth-order valence-electron chi connectivity index (χ4n) is 3.55.